The first-order valence-corrected chi connectivity index (χ1v) is 7.22. The van der Waals surface area contributed by atoms with Gasteiger partial charge in [-0.1, -0.05) is 35.5 Å². The van der Waals surface area contributed by atoms with Crippen molar-refractivity contribution < 1.29 is 27.6 Å². The number of carbonyl (C=O) groups excluding carboxylic acids is 1. The number of hydrogen-bond donors (Lipinski definition) is 0. The smallest absolute Gasteiger partial charge is 0.387 e. The van der Waals surface area contributed by atoms with Crippen molar-refractivity contribution in [2.45, 2.75) is 13.2 Å². The molecule has 1 heterocycles. The van der Waals surface area contributed by atoms with Crippen molar-refractivity contribution in [2.75, 3.05) is 0 Å². The van der Waals surface area contributed by atoms with E-state index in [1.54, 1.807) is 0 Å². The molecule has 0 aliphatic heterocycles. The monoisotopic (exact) mass is 346 g/mol. The fourth-order valence-electron chi connectivity index (χ4n) is 2.00. The number of nitrogens with zero attached hydrogens (tertiary/aromatic N) is 2. The summed E-state index contributed by atoms with van der Waals surface area (Å²) in [4.78, 5) is 16.1. The molecule has 1 aromatic heterocycles. The average molecular weight is 346 g/mol. The Bertz CT molecular complexity index is 835. The van der Waals surface area contributed by atoms with E-state index in [9.17, 15) is 13.6 Å². The highest BCUT2D eigenvalue weighted by Crippen LogP contribution is 2.17. The maximum absolute atomic E-state index is 12.1. The number of rotatable bonds is 6. The summed E-state index contributed by atoms with van der Waals surface area (Å²) in [6.07, 6.45) is 0. The molecule has 0 amide bonds. The van der Waals surface area contributed by atoms with Crippen LogP contribution in [-0.4, -0.2) is 22.7 Å². The van der Waals surface area contributed by atoms with Gasteiger partial charge in [0.1, 0.15) is 5.75 Å². The van der Waals surface area contributed by atoms with Gasteiger partial charge in [0.25, 0.3) is 5.89 Å². The number of alkyl halides is 2. The van der Waals surface area contributed by atoms with Gasteiger partial charge in [-0.2, -0.15) is 13.8 Å². The lowest BCUT2D eigenvalue weighted by atomic mass is 10.2. The van der Waals surface area contributed by atoms with Gasteiger partial charge in [0, 0.05) is 5.56 Å². The van der Waals surface area contributed by atoms with Crippen LogP contribution in [0.15, 0.2) is 59.1 Å². The molecule has 0 spiro atoms. The summed E-state index contributed by atoms with van der Waals surface area (Å²) in [5.41, 5.74) is 0.961. The van der Waals surface area contributed by atoms with Gasteiger partial charge in [-0.3, -0.25) is 0 Å². The summed E-state index contributed by atoms with van der Waals surface area (Å²) in [5.74, 6) is -0.163. The van der Waals surface area contributed by atoms with E-state index < -0.39 is 12.6 Å². The molecule has 2 aromatic carbocycles. The minimum Gasteiger partial charge on any atom is -0.452 e. The predicted molar refractivity (Wildman–Crippen MR) is 81.9 cm³/mol. The summed E-state index contributed by atoms with van der Waals surface area (Å²) in [6, 6.07) is 14.3. The van der Waals surface area contributed by atoms with Crippen LogP contribution in [0.2, 0.25) is 0 Å². The first-order valence-electron chi connectivity index (χ1n) is 7.22. The van der Waals surface area contributed by atoms with E-state index in [0.29, 0.717) is 5.82 Å². The van der Waals surface area contributed by atoms with Gasteiger partial charge in [-0.05, 0) is 24.3 Å². The second-order valence-corrected chi connectivity index (χ2v) is 4.86. The quantitative estimate of drug-likeness (QED) is 0.634. The summed E-state index contributed by atoms with van der Waals surface area (Å²) < 4.78 is 38.4. The molecular formula is C17H12F2N2O4. The number of hydrogen-bond acceptors (Lipinski definition) is 6. The maximum atomic E-state index is 12.1. The first kappa shape index (κ1) is 16.6. The normalized spacial score (nSPS) is 10.7. The van der Waals surface area contributed by atoms with Crippen LogP contribution in [0.3, 0.4) is 0 Å². The second kappa shape index (κ2) is 7.52. The summed E-state index contributed by atoms with van der Waals surface area (Å²) in [6.45, 7) is -3.12. The fraction of sp³-hybridized carbons (Fsp3) is 0.118. The number of ether oxygens (including phenoxy) is 2. The third-order valence-corrected chi connectivity index (χ3v) is 3.14. The van der Waals surface area contributed by atoms with Crippen LogP contribution in [0.5, 0.6) is 5.75 Å². The molecule has 0 bridgehead atoms. The molecule has 0 saturated heterocycles. The highest BCUT2D eigenvalue weighted by Gasteiger charge is 2.13. The molecular weight excluding hydrogens is 334 g/mol. The highest BCUT2D eigenvalue weighted by atomic mass is 19.3. The van der Waals surface area contributed by atoms with Crippen molar-refractivity contribution in [1.82, 2.24) is 10.1 Å². The Morgan fingerprint density at radius 1 is 1.08 bits per heavy atom. The van der Waals surface area contributed by atoms with Crippen LogP contribution < -0.4 is 4.74 Å². The molecule has 0 saturated carbocycles. The largest absolute Gasteiger partial charge is 0.452 e. The van der Waals surface area contributed by atoms with Crippen LogP contribution in [0, 0.1) is 0 Å². The van der Waals surface area contributed by atoms with Gasteiger partial charge in [0.05, 0.1) is 5.56 Å². The lowest BCUT2D eigenvalue weighted by Crippen LogP contribution is -2.06. The standard InChI is InChI=1S/C17H12F2N2O4/c18-17(19)24-13-8-6-12(7-9-13)16(22)23-10-14-20-15(21-25-14)11-4-2-1-3-5-11/h1-9,17H,10H2. The van der Waals surface area contributed by atoms with E-state index in [1.807, 2.05) is 30.3 Å². The Balaban J connectivity index is 1.58. The molecule has 0 fully saturated rings. The molecule has 8 heteroatoms. The van der Waals surface area contributed by atoms with Crippen LogP contribution in [-0.2, 0) is 11.3 Å². The predicted octanol–water partition coefficient (Wildman–Crippen LogP) is 3.70. The third-order valence-electron chi connectivity index (χ3n) is 3.14. The van der Waals surface area contributed by atoms with E-state index in [1.165, 1.54) is 24.3 Å². The van der Waals surface area contributed by atoms with E-state index in [4.69, 9.17) is 9.26 Å². The Kier molecular flexibility index (Phi) is 4.98. The van der Waals surface area contributed by atoms with Crippen molar-refractivity contribution in [3.8, 4) is 17.1 Å². The van der Waals surface area contributed by atoms with Gasteiger partial charge in [-0.15, -0.1) is 0 Å². The van der Waals surface area contributed by atoms with Crippen molar-refractivity contribution in [1.29, 1.82) is 0 Å². The molecule has 3 rings (SSSR count). The molecule has 0 unspecified atom stereocenters. The van der Waals surface area contributed by atoms with Gasteiger partial charge in [0.2, 0.25) is 5.82 Å². The third kappa shape index (κ3) is 4.37. The summed E-state index contributed by atoms with van der Waals surface area (Å²) in [7, 11) is 0. The zero-order valence-corrected chi connectivity index (χ0v) is 12.8. The lowest BCUT2D eigenvalue weighted by Gasteiger charge is -2.05. The number of halogens is 2. The van der Waals surface area contributed by atoms with Gasteiger partial charge < -0.3 is 14.0 Å². The van der Waals surface area contributed by atoms with E-state index in [-0.39, 0.29) is 23.8 Å². The average Bonchev–Trinajstić information content (AvgIpc) is 3.10. The number of esters is 1. The van der Waals surface area contributed by atoms with E-state index in [2.05, 4.69) is 14.9 Å². The Labute approximate surface area is 141 Å². The molecule has 128 valence electrons. The Hall–Kier alpha value is -3.29. The molecule has 0 aliphatic rings. The minimum absolute atomic E-state index is 0.0454. The zero-order valence-electron chi connectivity index (χ0n) is 12.8. The molecule has 0 radical (unpaired) electrons. The maximum Gasteiger partial charge on any atom is 0.387 e. The van der Waals surface area contributed by atoms with Crippen LogP contribution in [0.4, 0.5) is 8.78 Å². The SMILES string of the molecule is O=C(OCc1nc(-c2ccccc2)no1)c1ccc(OC(F)F)cc1. The molecule has 0 N–H and O–H groups in total. The summed E-state index contributed by atoms with van der Waals surface area (Å²) in [5, 5.41) is 3.81. The van der Waals surface area contributed by atoms with Gasteiger partial charge >= 0.3 is 12.6 Å². The summed E-state index contributed by atoms with van der Waals surface area (Å²) >= 11 is 0. The Morgan fingerprint density at radius 2 is 1.80 bits per heavy atom. The molecule has 0 atom stereocenters. The first-order chi connectivity index (χ1) is 12.1. The number of aromatic nitrogens is 2. The van der Waals surface area contributed by atoms with Gasteiger partial charge in [-0.25, -0.2) is 4.79 Å². The van der Waals surface area contributed by atoms with Gasteiger partial charge in [0.15, 0.2) is 6.61 Å². The van der Waals surface area contributed by atoms with E-state index >= 15 is 0 Å². The zero-order chi connectivity index (χ0) is 17.6. The van der Waals surface area contributed by atoms with Crippen LogP contribution in [0.25, 0.3) is 11.4 Å². The van der Waals surface area contributed by atoms with Crippen molar-refractivity contribution >= 4 is 5.97 Å². The van der Waals surface area contributed by atoms with Crippen LogP contribution in [0.1, 0.15) is 16.2 Å². The Morgan fingerprint density at radius 3 is 2.48 bits per heavy atom. The molecule has 25 heavy (non-hydrogen) atoms. The van der Waals surface area contributed by atoms with Crippen LogP contribution >= 0.6 is 0 Å². The second-order valence-electron chi connectivity index (χ2n) is 4.86. The lowest BCUT2D eigenvalue weighted by molar-refractivity contribution is -0.0498. The highest BCUT2D eigenvalue weighted by molar-refractivity contribution is 5.89. The van der Waals surface area contributed by atoms with Crippen molar-refractivity contribution in [3.63, 3.8) is 0 Å². The molecule has 0 aliphatic carbocycles. The topological polar surface area (TPSA) is 74.5 Å². The minimum atomic E-state index is -2.92. The van der Waals surface area contributed by atoms with Crippen molar-refractivity contribution in [3.05, 3.63) is 66.1 Å². The molecule has 6 nitrogen and oxygen atoms in total. The molecule has 3 aromatic rings. The number of carbonyl (C=O) groups is 1. The number of benzene rings is 2. The fourth-order valence-corrected chi connectivity index (χ4v) is 2.00. The van der Waals surface area contributed by atoms with Crippen molar-refractivity contribution in [2.24, 2.45) is 0 Å². The van der Waals surface area contributed by atoms with E-state index in [0.717, 1.165) is 5.56 Å².